The fourth-order valence-corrected chi connectivity index (χ4v) is 1.71. The molecule has 0 atom stereocenters. The SMILES string of the molecule is OCc1ncc(O)c(CBr)c1C(F)F. The number of aliphatic hydroxyl groups excluding tert-OH is 1. The first kappa shape index (κ1) is 11.3. The van der Waals surface area contributed by atoms with Crippen molar-refractivity contribution in [3.05, 3.63) is 23.0 Å². The van der Waals surface area contributed by atoms with Gasteiger partial charge in [0.15, 0.2) is 0 Å². The lowest BCUT2D eigenvalue weighted by atomic mass is 10.1. The van der Waals surface area contributed by atoms with Crippen molar-refractivity contribution in [3.63, 3.8) is 0 Å². The molecule has 0 aliphatic heterocycles. The molecule has 14 heavy (non-hydrogen) atoms. The van der Waals surface area contributed by atoms with Crippen molar-refractivity contribution >= 4 is 15.9 Å². The van der Waals surface area contributed by atoms with Crippen molar-refractivity contribution in [2.24, 2.45) is 0 Å². The molecule has 3 nitrogen and oxygen atoms in total. The molecule has 0 radical (unpaired) electrons. The molecule has 0 aromatic carbocycles. The third-order valence-corrected chi connectivity index (χ3v) is 2.35. The van der Waals surface area contributed by atoms with Crippen LogP contribution in [0.3, 0.4) is 0 Å². The molecule has 1 rings (SSSR count). The first-order valence-corrected chi connectivity index (χ1v) is 4.88. The predicted octanol–water partition coefficient (Wildman–Crippen LogP) is 2.11. The summed E-state index contributed by atoms with van der Waals surface area (Å²) in [5, 5.41) is 18.1. The van der Waals surface area contributed by atoms with Crippen LogP contribution >= 0.6 is 15.9 Å². The minimum Gasteiger partial charge on any atom is -0.506 e. The lowest BCUT2D eigenvalue weighted by molar-refractivity contribution is 0.144. The summed E-state index contributed by atoms with van der Waals surface area (Å²) < 4.78 is 25.1. The van der Waals surface area contributed by atoms with Crippen LogP contribution in [0.1, 0.15) is 23.2 Å². The maximum absolute atomic E-state index is 12.6. The molecule has 0 fully saturated rings. The Labute approximate surface area is 87.5 Å². The van der Waals surface area contributed by atoms with Gasteiger partial charge in [-0.05, 0) is 0 Å². The average molecular weight is 268 g/mol. The lowest BCUT2D eigenvalue weighted by Gasteiger charge is -2.11. The highest BCUT2D eigenvalue weighted by atomic mass is 79.9. The smallest absolute Gasteiger partial charge is 0.266 e. The molecule has 0 saturated carbocycles. The highest BCUT2D eigenvalue weighted by Gasteiger charge is 2.20. The van der Waals surface area contributed by atoms with E-state index in [0.717, 1.165) is 6.20 Å². The Morgan fingerprint density at radius 2 is 2.14 bits per heavy atom. The molecular formula is C8H8BrF2NO2. The number of aromatic nitrogens is 1. The quantitative estimate of drug-likeness (QED) is 0.825. The van der Waals surface area contributed by atoms with Crippen molar-refractivity contribution in [2.75, 3.05) is 0 Å². The summed E-state index contributed by atoms with van der Waals surface area (Å²) in [4.78, 5) is 3.53. The number of nitrogens with zero attached hydrogens (tertiary/aromatic N) is 1. The molecule has 0 bridgehead atoms. The maximum atomic E-state index is 12.6. The summed E-state index contributed by atoms with van der Waals surface area (Å²) in [5.74, 6) is -0.297. The number of pyridine rings is 1. The molecule has 0 unspecified atom stereocenters. The van der Waals surface area contributed by atoms with E-state index < -0.39 is 18.6 Å². The van der Waals surface area contributed by atoms with Gasteiger partial charge in [-0.1, -0.05) is 15.9 Å². The zero-order valence-electron chi connectivity index (χ0n) is 7.04. The van der Waals surface area contributed by atoms with Gasteiger partial charge in [0.05, 0.1) is 18.5 Å². The number of rotatable bonds is 3. The molecule has 0 amide bonds. The van der Waals surface area contributed by atoms with Crippen molar-refractivity contribution < 1.29 is 19.0 Å². The Hall–Kier alpha value is -0.750. The van der Waals surface area contributed by atoms with Crippen molar-refractivity contribution in [3.8, 4) is 5.75 Å². The first-order chi connectivity index (χ1) is 6.61. The summed E-state index contributed by atoms with van der Waals surface area (Å²) in [6.07, 6.45) is -1.71. The third kappa shape index (κ3) is 2.01. The summed E-state index contributed by atoms with van der Waals surface area (Å²) >= 11 is 2.99. The highest BCUT2D eigenvalue weighted by Crippen LogP contribution is 2.32. The van der Waals surface area contributed by atoms with Crippen molar-refractivity contribution in [2.45, 2.75) is 18.4 Å². The fourth-order valence-electron chi connectivity index (χ4n) is 1.12. The number of hydrogen-bond acceptors (Lipinski definition) is 3. The number of aromatic hydroxyl groups is 1. The van der Waals surface area contributed by atoms with Gasteiger partial charge in [-0.25, -0.2) is 8.78 Å². The van der Waals surface area contributed by atoms with E-state index in [-0.39, 0.29) is 22.3 Å². The first-order valence-electron chi connectivity index (χ1n) is 3.76. The molecule has 0 saturated heterocycles. The van der Waals surface area contributed by atoms with Crippen LogP contribution in [0.2, 0.25) is 0 Å². The summed E-state index contributed by atoms with van der Waals surface area (Å²) in [6, 6.07) is 0. The molecule has 0 aliphatic carbocycles. The van der Waals surface area contributed by atoms with E-state index in [1.54, 1.807) is 0 Å². The number of aliphatic hydroxyl groups is 1. The van der Waals surface area contributed by atoms with Crippen LogP contribution in [-0.2, 0) is 11.9 Å². The molecule has 78 valence electrons. The number of halogens is 3. The van der Waals surface area contributed by atoms with E-state index in [2.05, 4.69) is 20.9 Å². The van der Waals surface area contributed by atoms with Crippen LogP contribution in [0.5, 0.6) is 5.75 Å². The topological polar surface area (TPSA) is 53.4 Å². The van der Waals surface area contributed by atoms with Crippen LogP contribution < -0.4 is 0 Å². The molecular weight excluding hydrogens is 260 g/mol. The Kier molecular flexibility index (Phi) is 3.77. The zero-order valence-corrected chi connectivity index (χ0v) is 8.63. The number of hydrogen-bond donors (Lipinski definition) is 2. The predicted molar refractivity (Wildman–Crippen MR) is 49.4 cm³/mol. The molecule has 6 heteroatoms. The third-order valence-electron chi connectivity index (χ3n) is 1.79. The summed E-state index contributed by atoms with van der Waals surface area (Å²) in [6.45, 7) is -0.569. The van der Waals surface area contributed by atoms with Gasteiger partial charge in [0.2, 0.25) is 0 Å². The van der Waals surface area contributed by atoms with E-state index in [0.29, 0.717) is 0 Å². The zero-order chi connectivity index (χ0) is 10.7. The highest BCUT2D eigenvalue weighted by molar-refractivity contribution is 9.08. The largest absolute Gasteiger partial charge is 0.506 e. The molecule has 2 N–H and O–H groups in total. The van der Waals surface area contributed by atoms with Crippen LogP contribution in [0, 0.1) is 0 Å². The van der Waals surface area contributed by atoms with E-state index in [4.69, 9.17) is 5.11 Å². The van der Waals surface area contributed by atoms with Crippen LogP contribution in [-0.4, -0.2) is 15.2 Å². The Morgan fingerprint density at radius 3 is 2.57 bits per heavy atom. The lowest BCUT2D eigenvalue weighted by Crippen LogP contribution is -2.02. The molecule has 0 spiro atoms. The molecule has 0 aliphatic rings. The molecule has 1 aromatic heterocycles. The fraction of sp³-hybridized carbons (Fsp3) is 0.375. The van der Waals surface area contributed by atoms with Gasteiger partial charge >= 0.3 is 0 Å². The van der Waals surface area contributed by atoms with E-state index >= 15 is 0 Å². The van der Waals surface area contributed by atoms with Crippen molar-refractivity contribution in [1.29, 1.82) is 0 Å². The van der Waals surface area contributed by atoms with E-state index in [1.165, 1.54) is 0 Å². The average Bonchev–Trinajstić information content (AvgIpc) is 2.17. The van der Waals surface area contributed by atoms with Gasteiger partial charge in [0.25, 0.3) is 6.43 Å². The van der Waals surface area contributed by atoms with Crippen LogP contribution in [0.4, 0.5) is 8.78 Å². The number of alkyl halides is 3. The van der Waals surface area contributed by atoms with Gasteiger partial charge in [0, 0.05) is 16.5 Å². The van der Waals surface area contributed by atoms with Crippen LogP contribution in [0.25, 0.3) is 0 Å². The van der Waals surface area contributed by atoms with Crippen LogP contribution in [0.15, 0.2) is 6.20 Å². The van der Waals surface area contributed by atoms with Gasteiger partial charge in [-0.3, -0.25) is 4.98 Å². The molecule has 1 aromatic rings. The van der Waals surface area contributed by atoms with Gasteiger partial charge in [-0.2, -0.15) is 0 Å². The summed E-state index contributed by atoms with van der Waals surface area (Å²) in [5.41, 5.74) is -0.435. The maximum Gasteiger partial charge on any atom is 0.266 e. The van der Waals surface area contributed by atoms with E-state index in [9.17, 15) is 13.9 Å². The van der Waals surface area contributed by atoms with Crippen molar-refractivity contribution in [1.82, 2.24) is 4.98 Å². The Morgan fingerprint density at radius 1 is 1.50 bits per heavy atom. The second kappa shape index (κ2) is 4.65. The second-order valence-electron chi connectivity index (χ2n) is 2.57. The summed E-state index contributed by atoms with van der Waals surface area (Å²) in [7, 11) is 0. The van der Waals surface area contributed by atoms with Gasteiger partial charge in [-0.15, -0.1) is 0 Å². The Bertz CT molecular complexity index is 333. The normalized spacial score (nSPS) is 10.9. The monoisotopic (exact) mass is 267 g/mol. The molecule has 1 heterocycles. The van der Waals surface area contributed by atoms with Gasteiger partial charge < -0.3 is 10.2 Å². The standard InChI is InChI=1S/C8H8BrF2NO2/c9-1-4-6(14)2-12-5(3-13)7(4)8(10)11/h2,8,13-14H,1,3H2. The van der Waals surface area contributed by atoms with Gasteiger partial charge in [0.1, 0.15) is 5.75 Å². The Balaban J connectivity index is 3.36. The minimum absolute atomic E-state index is 0.0686. The van der Waals surface area contributed by atoms with E-state index in [1.807, 2.05) is 0 Å². The minimum atomic E-state index is -2.76. The second-order valence-corrected chi connectivity index (χ2v) is 3.14.